The van der Waals surface area contributed by atoms with Crippen molar-refractivity contribution in [1.82, 2.24) is 10.5 Å². The number of nitrogens with zero attached hydrogens (tertiary/aromatic N) is 1. The maximum absolute atomic E-state index is 11.9. The number of hydrogen-bond acceptors (Lipinski definition) is 5. The molecule has 2 rings (SSSR count). The summed E-state index contributed by atoms with van der Waals surface area (Å²) in [5, 5.41) is 6.41. The molecule has 1 heterocycles. The second kappa shape index (κ2) is 7.74. The molecule has 2 aromatic rings. The smallest absolute Gasteiger partial charge is 0.360 e. The maximum atomic E-state index is 11.9. The van der Waals surface area contributed by atoms with Crippen LogP contribution in [0.1, 0.15) is 33.5 Å². The number of rotatable bonds is 6. The van der Waals surface area contributed by atoms with Crippen molar-refractivity contribution in [2.24, 2.45) is 0 Å². The van der Waals surface area contributed by atoms with Gasteiger partial charge >= 0.3 is 5.97 Å². The van der Waals surface area contributed by atoms with Crippen LogP contribution in [0, 0.1) is 0 Å². The molecule has 1 aromatic heterocycles. The van der Waals surface area contributed by atoms with Gasteiger partial charge in [-0.15, -0.1) is 0 Å². The fourth-order valence-electron chi connectivity index (χ4n) is 1.73. The largest absolute Gasteiger partial charge is 0.461 e. The van der Waals surface area contributed by atoms with Crippen LogP contribution in [0.3, 0.4) is 0 Å². The molecule has 0 radical (unpaired) electrons. The lowest BCUT2D eigenvalue weighted by Crippen LogP contribution is -2.25. The summed E-state index contributed by atoms with van der Waals surface area (Å²) in [6.07, 6.45) is 0.439. The van der Waals surface area contributed by atoms with Gasteiger partial charge in [0.25, 0.3) is 5.91 Å². The van der Waals surface area contributed by atoms with E-state index in [2.05, 4.69) is 26.4 Å². The molecule has 7 heteroatoms. The standard InChI is InChI=1S/C15H15BrN2O4/c1-2-21-15(20)13-9-12(22-18-13)7-8-17-14(19)10-3-5-11(16)6-4-10/h3-6,9H,2,7-8H2,1H3,(H,17,19). The van der Waals surface area contributed by atoms with E-state index in [4.69, 9.17) is 9.26 Å². The molecule has 0 atom stereocenters. The normalized spacial score (nSPS) is 10.3. The first-order chi connectivity index (χ1) is 10.6. The number of halogens is 1. The summed E-state index contributed by atoms with van der Waals surface area (Å²) in [5.74, 6) is -0.173. The minimum Gasteiger partial charge on any atom is -0.461 e. The first-order valence-electron chi connectivity index (χ1n) is 6.76. The summed E-state index contributed by atoms with van der Waals surface area (Å²) >= 11 is 3.31. The lowest BCUT2D eigenvalue weighted by Gasteiger charge is -2.03. The zero-order valence-electron chi connectivity index (χ0n) is 12.0. The van der Waals surface area contributed by atoms with Crippen LogP contribution in [0.4, 0.5) is 0 Å². The van der Waals surface area contributed by atoms with E-state index in [0.717, 1.165) is 4.47 Å². The summed E-state index contributed by atoms with van der Waals surface area (Å²) < 4.78 is 10.8. The summed E-state index contributed by atoms with van der Waals surface area (Å²) in [6.45, 7) is 2.38. The Kier molecular flexibility index (Phi) is 5.71. The lowest BCUT2D eigenvalue weighted by molar-refractivity contribution is 0.0514. The molecule has 6 nitrogen and oxygen atoms in total. The van der Waals surface area contributed by atoms with Crippen LogP contribution in [-0.2, 0) is 11.2 Å². The number of ether oxygens (including phenoxy) is 1. The van der Waals surface area contributed by atoms with Crippen molar-refractivity contribution in [3.8, 4) is 0 Å². The first-order valence-corrected chi connectivity index (χ1v) is 7.56. The van der Waals surface area contributed by atoms with Crippen molar-refractivity contribution in [1.29, 1.82) is 0 Å². The van der Waals surface area contributed by atoms with Crippen molar-refractivity contribution in [2.75, 3.05) is 13.2 Å². The van der Waals surface area contributed by atoms with Gasteiger partial charge in [-0.2, -0.15) is 0 Å². The Balaban J connectivity index is 1.82. The molecule has 0 aliphatic heterocycles. The molecule has 0 bridgehead atoms. The van der Waals surface area contributed by atoms with Crippen LogP contribution < -0.4 is 5.32 Å². The van der Waals surface area contributed by atoms with E-state index in [-0.39, 0.29) is 18.2 Å². The molecule has 116 valence electrons. The van der Waals surface area contributed by atoms with E-state index in [9.17, 15) is 9.59 Å². The molecule has 1 aromatic carbocycles. The maximum Gasteiger partial charge on any atom is 0.360 e. The number of benzene rings is 1. The number of aromatic nitrogens is 1. The van der Waals surface area contributed by atoms with Crippen molar-refractivity contribution < 1.29 is 18.8 Å². The van der Waals surface area contributed by atoms with E-state index in [0.29, 0.717) is 24.3 Å². The zero-order chi connectivity index (χ0) is 15.9. The SMILES string of the molecule is CCOC(=O)c1cc(CCNC(=O)c2ccc(Br)cc2)on1. The van der Waals surface area contributed by atoms with Crippen molar-refractivity contribution in [3.63, 3.8) is 0 Å². The van der Waals surface area contributed by atoms with E-state index in [1.54, 1.807) is 31.2 Å². The Hall–Kier alpha value is -2.15. The van der Waals surface area contributed by atoms with Crippen LogP contribution >= 0.6 is 15.9 Å². The Bertz CT molecular complexity index is 652. The van der Waals surface area contributed by atoms with Gasteiger partial charge in [0.2, 0.25) is 0 Å². The third kappa shape index (κ3) is 4.42. The van der Waals surface area contributed by atoms with Gasteiger partial charge in [-0.05, 0) is 31.2 Å². The molecule has 0 unspecified atom stereocenters. The summed E-state index contributed by atoms with van der Waals surface area (Å²) in [7, 11) is 0. The highest BCUT2D eigenvalue weighted by Gasteiger charge is 2.13. The van der Waals surface area contributed by atoms with Gasteiger partial charge in [0.15, 0.2) is 5.69 Å². The van der Waals surface area contributed by atoms with Gasteiger partial charge < -0.3 is 14.6 Å². The Morgan fingerprint density at radius 2 is 2.05 bits per heavy atom. The van der Waals surface area contributed by atoms with E-state index < -0.39 is 5.97 Å². The molecule has 22 heavy (non-hydrogen) atoms. The predicted molar refractivity (Wildman–Crippen MR) is 82.6 cm³/mol. The number of hydrogen-bond donors (Lipinski definition) is 1. The van der Waals surface area contributed by atoms with Crippen LogP contribution in [0.5, 0.6) is 0 Å². The topological polar surface area (TPSA) is 81.4 Å². The first kappa shape index (κ1) is 16.2. The van der Waals surface area contributed by atoms with Gasteiger partial charge in [0.05, 0.1) is 6.61 Å². The van der Waals surface area contributed by atoms with Gasteiger partial charge in [-0.25, -0.2) is 4.79 Å². The third-order valence-corrected chi connectivity index (χ3v) is 3.34. The quantitative estimate of drug-likeness (QED) is 0.794. The van der Waals surface area contributed by atoms with Crippen LogP contribution in [0.15, 0.2) is 39.3 Å². The summed E-state index contributed by atoms with van der Waals surface area (Å²) in [6, 6.07) is 8.58. The highest BCUT2D eigenvalue weighted by molar-refractivity contribution is 9.10. The van der Waals surface area contributed by atoms with Gasteiger partial charge in [-0.1, -0.05) is 21.1 Å². The number of amides is 1. The second-order valence-electron chi connectivity index (χ2n) is 4.41. The molecule has 0 spiro atoms. The Morgan fingerprint density at radius 3 is 2.73 bits per heavy atom. The van der Waals surface area contributed by atoms with Gasteiger partial charge in [0.1, 0.15) is 5.76 Å². The van der Waals surface area contributed by atoms with Crippen LogP contribution in [0.2, 0.25) is 0 Å². The second-order valence-corrected chi connectivity index (χ2v) is 5.33. The Labute approximate surface area is 135 Å². The average molecular weight is 367 g/mol. The molecular weight excluding hydrogens is 352 g/mol. The van der Waals surface area contributed by atoms with Gasteiger partial charge in [0, 0.05) is 29.1 Å². The van der Waals surface area contributed by atoms with E-state index in [1.807, 2.05) is 0 Å². The number of nitrogens with one attached hydrogen (secondary N) is 1. The van der Waals surface area contributed by atoms with Crippen LogP contribution in [-0.4, -0.2) is 30.2 Å². The molecule has 1 N–H and O–H groups in total. The van der Waals surface area contributed by atoms with Crippen molar-refractivity contribution in [2.45, 2.75) is 13.3 Å². The molecule has 0 fully saturated rings. The lowest BCUT2D eigenvalue weighted by atomic mass is 10.2. The van der Waals surface area contributed by atoms with E-state index >= 15 is 0 Å². The molecule has 0 aliphatic carbocycles. The fourth-order valence-corrected chi connectivity index (χ4v) is 2.00. The van der Waals surface area contributed by atoms with Gasteiger partial charge in [-0.3, -0.25) is 4.79 Å². The monoisotopic (exact) mass is 366 g/mol. The minimum atomic E-state index is -0.517. The number of carbonyl (C=O) groups is 2. The number of esters is 1. The zero-order valence-corrected chi connectivity index (χ0v) is 13.6. The van der Waals surface area contributed by atoms with Crippen molar-refractivity contribution >= 4 is 27.8 Å². The van der Waals surface area contributed by atoms with E-state index in [1.165, 1.54) is 6.07 Å². The molecular formula is C15H15BrN2O4. The Morgan fingerprint density at radius 1 is 1.32 bits per heavy atom. The average Bonchev–Trinajstić information content (AvgIpc) is 2.97. The predicted octanol–water partition coefficient (Wildman–Crippen LogP) is 2.59. The van der Waals surface area contributed by atoms with Crippen LogP contribution in [0.25, 0.3) is 0 Å². The summed E-state index contributed by atoms with van der Waals surface area (Å²) in [4.78, 5) is 23.3. The molecule has 1 amide bonds. The third-order valence-electron chi connectivity index (χ3n) is 2.81. The highest BCUT2D eigenvalue weighted by Crippen LogP contribution is 2.10. The van der Waals surface area contributed by atoms with Crippen molar-refractivity contribution in [3.05, 3.63) is 51.8 Å². The minimum absolute atomic E-state index is 0.135. The molecule has 0 saturated heterocycles. The molecule has 0 saturated carbocycles. The fraction of sp³-hybridized carbons (Fsp3) is 0.267. The highest BCUT2D eigenvalue weighted by atomic mass is 79.9. The summed E-state index contributed by atoms with van der Waals surface area (Å²) in [5.41, 5.74) is 0.712. The molecule has 0 aliphatic rings. The number of carbonyl (C=O) groups excluding carboxylic acids is 2.